The summed E-state index contributed by atoms with van der Waals surface area (Å²) in [6, 6.07) is 6.05. The van der Waals surface area contributed by atoms with Crippen molar-refractivity contribution in [3.63, 3.8) is 0 Å². The molecule has 0 spiro atoms. The Bertz CT molecular complexity index is 644. The predicted molar refractivity (Wildman–Crippen MR) is 79.0 cm³/mol. The zero-order valence-electron chi connectivity index (χ0n) is 10.6. The summed E-state index contributed by atoms with van der Waals surface area (Å²) in [4.78, 5) is 25.8. The number of nitro groups is 1. The molecule has 0 bridgehead atoms. The van der Waals surface area contributed by atoms with E-state index in [0.717, 1.165) is 17.5 Å². The van der Waals surface area contributed by atoms with Gasteiger partial charge in [0.15, 0.2) is 0 Å². The Balaban J connectivity index is 1.74. The summed E-state index contributed by atoms with van der Waals surface area (Å²) in [5, 5.41) is 13.4. The lowest BCUT2D eigenvalue weighted by atomic mass is 10.4. The summed E-state index contributed by atoms with van der Waals surface area (Å²) in [5.74, 6) is 0.0289. The van der Waals surface area contributed by atoms with Crippen molar-refractivity contribution in [2.75, 3.05) is 18.5 Å². The minimum Gasteiger partial charge on any atom is -0.460 e. The summed E-state index contributed by atoms with van der Waals surface area (Å²) in [6.07, 6.45) is 1.15. The van der Waals surface area contributed by atoms with Crippen molar-refractivity contribution < 1.29 is 14.5 Å². The van der Waals surface area contributed by atoms with Gasteiger partial charge in [0.2, 0.25) is 0 Å². The lowest BCUT2D eigenvalue weighted by molar-refractivity contribution is -0.385. The van der Waals surface area contributed by atoms with Crippen molar-refractivity contribution in [1.82, 2.24) is 4.98 Å². The van der Waals surface area contributed by atoms with Gasteiger partial charge in [-0.05, 0) is 18.2 Å². The number of hydrogen-bond donors (Lipinski definition) is 1. The molecule has 0 saturated carbocycles. The van der Waals surface area contributed by atoms with E-state index in [1.807, 2.05) is 0 Å². The Morgan fingerprint density at radius 3 is 2.81 bits per heavy atom. The number of nitrogens with zero attached hydrogens (tertiary/aromatic N) is 2. The number of anilines is 1. The first-order chi connectivity index (χ1) is 10.1. The zero-order valence-corrected chi connectivity index (χ0v) is 12.2. The van der Waals surface area contributed by atoms with Crippen LogP contribution in [0.3, 0.4) is 0 Å². The first kappa shape index (κ1) is 15.2. The molecule has 9 heteroatoms. The molecule has 2 aromatic heterocycles. The van der Waals surface area contributed by atoms with Crippen LogP contribution in [0.25, 0.3) is 0 Å². The average Bonchev–Trinajstić information content (AvgIpc) is 2.90. The van der Waals surface area contributed by atoms with E-state index < -0.39 is 10.9 Å². The van der Waals surface area contributed by atoms with Gasteiger partial charge < -0.3 is 10.1 Å². The smallest absolute Gasteiger partial charge is 0.348 e. The van der Waals surface area contributed by atoms with Gasteiger partial charge in [-0.1, -0.05) is 11.6 Å². The third-order valence-corrected chi connectivity index (χ3v) is 3.59. The molecular formula is C12H10ClN3O4S. The minimum absolute atomic E-state index is 0.0819. The monoisotopic (exact) mass is 327 g/mol. The number of aromatic nitrogens is 1. The Labute approximate surface area is 128 Å². The highest BCUT2D eigenvalue weighted by atomic mass is 35.5. The molecule has 2 rings (SSSR count). The van der Waals surface area contributed by atoms with Gasteiger partial charge in [-0.2, -0.15) is 0 Å². The zero-order chi connectivity index (χ0) is 15.2. The van der Waals surface area contributed by atoms with E-state index in [0.29, 0.717) is 21.6 Å². The predicted octanol–water partition coefficient (Wildman–Crippen LogP) is 2.97. The standard InChI is InChI=1S/C12H10ClN3O4S/c13-10-3-2-9(21-10)12(17)20-6-5-14-11-4-1-8(7-15-11)16(18)19/h1-4,7H,5-6H2,(H,14,15). The molecule has 0 atom stereocenters. The molecule has 110 valence electrons. The highest BCUT2D eigenvalue weighted by Crippen LogP contribution is 2.21. The molecule has 0 unspecified atom stereocenters. The maximum Gasteiger partial charge on any atom is 0.348 e. The molecule has 2 heterocycles. The summed E-state index contributed by atoms with van der Waals surface area (Å²) < 4.78 is 5.56. The molecule has 0 aliphatic rings. The van der Waals surface area contributed by atoms with Crippen LogP contribution in [-0.4, -0.2) is 29.0 Å². The van der Waals surface area contributed by atoms with Crippen molar-refractivity contribution in [2.24, 2.45) is 0 Å². The Hall–Kier alpha value is -2.19. The maximum absolute atomic E-state index is 11.6. The SMILES string of the molecule is O=C(OCCNc1ccc([N+](=O)[O-])cn1)c1ccc(Cl)s1. The third-order valence-electron chi connectivity index (χ3n) is 2.37. The third kappa shape index (κ3) is 4.40. The number of thiophene rings is 1. The van der Waals surface area contributed by atoms with Crippen molar-refractivity contribution in [1.29, 1.82) is 0 Å². The number of carbonyl (C=O) groups is 1. The van der Waals surface area contributed by atoms with Gasteiger partial charge in [-0.15, -0.1) is 11.3 Å². The van der Waals surface area contributed by atoms with Crippen LogP contribution in [0, 0.1) is 10.1 Å². The van der Waals surface area contributed by atoms with E-state index in [4.69, 9.17) is 16.3 Å². The largest absolute Gasteiger partial charge is 0.460 e. The number of pyridine rings is 1. The number of carbonyl (C=O) groups excluding carboxylic acids is 1. The van der Waals surface area contributed by atoms with Crippen LogP contribution >= 0.6 is 22.9 Å². The van der Waals surface area contributed by atoms with Gasteiger partial charge in [0, 0.05) is 6.07 Å². The van der Waals surface area contributed by atoms with E-state index in [-0.39, 0.29) is 12.3 Å². The fraction of sp³-hybridized carbons (Fsp3) is 0.167. The van der Waals surface area contributed by atoms with Crippen LogP contribution in [0.15, 0.2) is 30.5 Å². The first-order valence-corrected chi connectivity index (χ1v) is 7.02. The fourth-order valence-corrected chi connectivity index (χ4v) is 2.35. The molecule has 21 heavy (non-hydrogen) atoms. The molecular weight excluding hydrogens is 318 g/mol. The first-order valence-electron chi connectivity index (χ1n) is 5.83. The molecule has 0 aromatic carbocycles. The molecule has 0 amide bonds. The minimum atomic E-state index is -0.523. The van der Waals surface area contributed by atoms with Gasteiger partial charge >= 0.3 is 5.97 Å². The fourth-order valence-electron chi connectivity index (χ4n) is 1.42. The molecule has 7 nitrogen and oxygen atoms in total. The normalized spacial score (nSPS) is 10.1. The van der Waals surface area contributed by atoms with Gasteiger partial charge in [-0.3, -0.25) is 10.1 Å². The van der Waals surface area contributed by atoms with Gasteiger partial charge in [0.05, 0.1) is 15.8 Å². The van der Waals surface area contributed by atoms with E-state index in [9.17, 15) is 14.9 Å². The summed E-state index contributed by atoms with van der Waals surface area (Å²) in [5.41, 5.74) is -0.0819. The van der Waals surface area contributed by atoms with Crippen LogP contribution in [0.2, 0.25) is 4.34 Å². The second kappa shape index (κ2) is 7.00. The van der Waals surface area contributed by atoms with Crippen molar-refractivity contribution in [3.05, 3.63) is 49.8 Å². The Kier molecular flexibility index (Phi) is 5.07. The molecule has 0 fully saturated rings. The maximum atomic E-state index is 11.6. The summed E-state index contributed by atoms with van der Waals surface area (Å²) in [6.45, 7) is 0.489. The van der Waals surface area contributed by atoms with E-state index in [1.54, 1.807) is 12.1 Å². The molecule has 1 N–H and O–H groups in total. The number of halogens is 1. The van der Waals surface area contributed by atoms with Crippen molar-refractivity contribution in [3.8, 4) is 0 Å². The van der Waals surface area contributed by atoms with Crippen LogP contribution in [0.1, 0.15) is 9.67 Å². The topological polar surface area (TPSA) is 94.4 Å². The number of hydrogen-bond acceptors (Lipinski definition) is 7. The second-order valence-corrected chi connectivity index (χ2v) is 5.54. The highest BCUT2D eigenvalue weighted by molar-refractivity contribution is 7.17. The quantitative estimate of drug-likeness (QED) is 0.379. The van der Waals surface area contributed by atoms with Crippen LogP contribution in [0.4, 0.5) is 11.5 Å². The van der Waals surface area contributed by atoms with Gasteiger partial charge in [0.1, 0.15) is 23.5 Å². The molecule has 2 aromatic rings. The molecule has 0 aliphatic carbocycles. The Morgan fingerprint density at radius 1 is 1.43 bits per heavy atom. The average molecular weight is 328 g/mol. The lowest BCUT2D eigenvalue weighted by Gasteiger charge is -2.05. The lowest BCUT2D eigenvalue weighted by Crippen LogP contribution is -2.13. The van der Waals surface area contributed by atoms with Gasteiger partial charge in [-0.25, -0.2) is 9.78 Å². The number of rotatable bonds is 6. The summed E-state index contributed by atoms with van der Waals surface area (Å²) >= 11 is 6.87. The highest BCUT2D eigenvalue weighted by Gasteiger charge is 2.10. The van der Waals surface area contributed by atoms with Crippen LogP contribution < -0.4 is 5.32 Å². The number of ether oxygens (including phenoxy) is 1. The van der Waals surface area contributed by atoms with Gasteiger partial charge in [0.25, 0.3) is 5.69 Å². The molecule has 0 radical (unpaired) electrons. The van der Waals surface area contributed by atoms with Crippen molar-refractivity contribution >= 4 is 40.4 Å². The number of nitrogens with one attached hydrogen (secondary N) is 1. The molecule has 0 aliphatic heterocycles. The van der Waals surface area contributed by atoms with E-state index in [1.165, 1.54) is 12.1 Å². The Morgan fingerprint density at radius 2 is 2.24 bits per heavy atom. The second-order valence-electron chi connectivity index (χ2n) is 3.83. The van der Waals surface area contributed by atoms with Crippen LogP contribution in [0.5, 0.6) is 0 Å². The molecule has 0 saturated heterocycles. The van der Waals surface area contributed by atoms with E-state index in [2.05, 4.69) is 10.3 Å². The van der Waals surface area contributed by atoms with Crippen LogP contribution in [-0.2, 0) is 4.74 Å². The number of esters is 1. The van der Waals surface area contributed by atoms with E-state index >= 15 is 0 Å². The summed E-state index contributed by atoms with van der Waals surface area (Å²) in [7, 11) is 0. The van der Waals surface area contributed by atoms with Crippen molar-refractivity contribution in [2.45, 2.75) is 0 Å².